The molecule has 174 valence electrons. The minimum Gasteiger partial charge on any atom is -0.481 e. The highest BCUT2D eigenvalue weighted by atomic mass is 19.1. The lowest BCUT2D eigenvalue weighted by molar-refractivity contribution is 0.396. The van der Waals surface area contributed by atoms with E-state index in [4.69, 9.17) is 4.74 Å². The van der Waals surface area contributed by atoms with Gasteiger partial charge in [-0.2, -0.15) is 0 Å². The molecular weight excluding hydrogens is 455 g/mol. The smallest absolute Gasteiger partial charge is 0.213 e. The first-order valence-corrected chi connectivity index (χ1v) is 10.6. The lowest BCUT2D eigenvalue weighted by atomic mass is 10.0. The van der Waals surface area contributed by atoms with Crippen LogP contribution in [0.5, 0.6) is 5.88 Å². The zero-order chi connectivity index (χ0) is 24.5. The Labute approximate surface area is 198 Å². The van der Waals surface area contributed by atoms with Crippen molar-refractivity contribution in [2.75, 3.05) is 12.4 Å². The molecule has 4 aromatic heterocycles. The minimum atomic E-state index is -0.764. The van der Waals surface area contributed by atoms with Crippen LogP contribution < -0.4 is 10.1 Å². The number of benzene rings is 1. The zero-order valence-electron chi connectivity index (χ0n) is 18.7. The van der Waals surface area contributed by atoms with Crippen molar-refractivity contribution < 1.29 is 17.9 Å². The molecule has 0 saturated carbocycles. The van der Waals surface area contributed by atoms with Gasteiger partial charge in [-0.3, -0.25) is 9.97 Å². The lowest BCUT2D eigenvalue weighted by Crippen LogP contribution is -2.03. The van der Waals surface area contributed by atoms with E-state index >= 15 is 0 Å². The van der Waals surface area contributed by atoms with E-state index in [1.165, 1.54) is 31.6 Å². The Morgan fingerprint density at radius 2 is 1.77 bits per heavy atom. The molecule has 0 radical (unpaired) electrons. The van der Waals surface area contributed by atoms with Crippen molar-refractivity contribution in [1.82, 2.24) is 19.9 Å². The van der Waals surface area contributed by atoms with Gasteiger partial charge in [0.2, 0.25) is 5.88 Å². The molecule has 0 saturated heterocycles. The number of ether oxygens (including phenoxy) is 1. The fraction of sp³-hybridized carbons (Fsp3) is 0.0769. The van der Waals surface area contributed by atoms with Crippen LogP contribution in [-0.4, -0.2) is 27.0 Å². The summed E-state index contributed by atoms with van der Waals surface area (Å²) in [5.74, 6) is -1.80. The van der Waals surface area contributed by atoms with Gasteiger partial charge in [-0.15, -0.1) is 0 Å². The molecule has 0 bridgehead atoms. The molecule has 0 spiro atoms. The second-order valence-corrected chi connectivity index (χ2v) is 7.75. The van der Waals surface area contributed by atoms with E-state index in [0.29, 0.717) is 33.9 Å². The van der Waals surface area contributed by atoms with Crippen LogP contribution >= 0.6 is 0 Å². The van der Waals surface area contributed by atoms with Gasteiger partial charge in [-0.1, -0.05) is 6.07 Å². The molecule has 4 heterocycles. The van der Waals surface area contributed by atoms with E-state index in [-0.39, 0.29) is 22.3 Å². The third kappa shape index (κ3) is 4.23. The van der Waals surface area contributed by atoms with Gasteiger partial charge < -0.3 is 10.1 Å². The summed E-state index contributed by atoms with van der Waals surface area (Å²) in [6, 6.07) is 10.4. The van der Waals surface area contributed by atoms with Gasteiger partial charge in [-0.25, -0.2) is 23.1 Å². The topological polar surface area (TPSA) is 72.8 Å². The van der Waals surface area contributed by atoms with Crippen LogP contribution in [-0.2, 0) is 0 Å². The Kier molecular flexibility index (Phi) is 5.74. The molecular formula is C26H18F3N5O. The highest BCUT2D eigenvalue weighted by Gasteiger charge is 2.19. The van der Waals surface area contributed by atoms with Crippen LogP contribution in [0.4, 0.5) is 24.5 Å². The van der Waals surface area contributed by atoms with E-state index in [1.807, 2.05) is 0 Å². The number of hydrogen-bond acceptors (Lipinski definition) is 6. The summed E-state index contributed by atoms with van der Waals surface area (Å²) in [6.07, 6.45) is 5.70. The Bertz CT molecular complexity index is 1560. The molecule has 0 aliphatic heterocycles. The summed E-state index contributed by atoms with van der Waals surface area (Å²) < 4.78 is 48.6. The molecule has 0 aliphatic rings. The number of rotatable bonds is 5. The molecule has 0 amide bonds. The van der Waals surface area contributed by atoms with Crippen molar-refractivity contribution in [3.63, 3.8) is 0 Å². The third-order valence-electron chi connectivity index (χ3n) is 5.51. The van der Waals surface area contributed by atoms with Crippen LogP contribution in [0.3, 0.4) is 0 Å². The normalized spacial score (nSPS) is 11.0. The Balaban J connectivity index is 1.67. The predicted molar refractivity (Wildman–Crippen MR) is 127 cm³/mol. The summed E-state index contributed by atoms with van der Waals surface area (Å²) in [6.45, 7) is 1.77. The third-order valence-corrected chi connectivity index (χ3v) is 5.51. The minimum absolute atomic E-state index is 0.116. The van der Waals surface area contributed by atoms with Gasteiger partial charge in [-0.05, 0) is 25.1 Å². The molecule has 9 heteroatoms. The maximum Gasteiger partial charge on any atom is 0.213 e. The predicted octanol–water partition coefficient (Wildman–Crippen LogP) is 6.23. The number of aromatic nitrogens is 4. The quantitative estimate of drug-likeness (QED) is 0.326. The van der Waals surface area contributed by atoms with Crippen molar-refractivity contribution >= 4 is 22.3 Å². The van der Waals surface area contributed by atoms with Crippen molar-refractivity contribution in [2.24, 2.45) is 0 Å². The highest BCUT2D eigenvalue weighted by Crippen LogP contribution is 2.37. The van der Waals surface area contributed by atoms with Gasteiger partial charge >= 0.3 is 0 Å². The number of anilines is 2. The molecule has 5 aromatic rings. The van der Waals surface area contributed by atoms with Crippen molar-refractivity contribution in [3.8, 4) is 28.4 Å². The van der Waals surface area contributed by atoms with E-state index < -0.39 is 17.5 Å². The fourth-order valence-corrected chi connectivity index (χ4v) is 3.87. The lowest BCUT2D eigenvalue weighted by Gasteiger charge is -2.17. The van der Waals surface area contributed by atoms with E-state index in [9.17, 15) is 13.2 Å². The highest BCUT2D eigenvalue weighted by molar-refractivity contribution is 5.98. The summed E-state index contributed by atoms with van der Waals surface area (Å²) in [7, 11) is 1.44. The van der Waals surface area contributed by atoms with Crippen LogP contribution in [0.25, 0.3) is 33.4 Å². The summed E-state index contributed by atoms with van der Waals surface area (Å²) >= 11 is 0. The number of pyridine rings is 4. The second kappa shape index (κ2) is 9.02. The molecule has 6 nitrogen and oxygen atoms in total. The molecule has 0 fully saturated rings. The van der Waals surface area contributed by atoms with Gasteiger partial charge in [0, 0.05) is 47.3 Å². The second-order valence-electron chi connectivity index (χ2n) is 7.75. The van der Waals surface area contributed by atoms with Crippen LogP contribution in [0.1, 0.15) is 5.56 Å². The van der Waals surface area contributed by atoms with E-state index in [0.717, 1.165) is 12.3 Å². The Hall–Kier alpha value is -4.53. The maximum absolute atomic E-state index is 15.0. The fourth-order valence-electron chi connectivity index (χ4n) is 3.87. The standard InChI is InChI=1S/C26H18F3N5O/c1-14-25(21-5-3-4-6-31-21)34-22-9-16(27)8-19(28)24(22)26(14)33-17-7-15(11-30-12-17)18-10-23(35-2)32-13-20(18)29/h3-13H,1-2H3,(H,33,34). The molecule has 5 rings (SSSR count). The first-order chi connectivity index (χ1) is 16.9. The monoisotopic (exact) mass is 473 g/mol. The van der Waals surface area contributed by atoms with Crippen LogP contribution in [0.15, 0.2) is 67.3 Å². The zero-order valence-corrected chi connectivity index (χ0v) is 18.7. The van der Waals surface area contributed by atoms with Crippen molar-refractivity contribution in [2.45, 2.75) is 6.92 Å². The maximum atomic E-state index is 15.0. The Morgan fingerprint density at radius 3 is 2.54 bits per heavy atom. The van der Waals surface area contributed by atoms with Gasteiger partial charge in [0.25, 0.3) is 0 Å². The van der Waals surface area contributed by atoms with E-state index in [2.05, 4.69) is 25.3 Å². The van der Waals surface area contributed by atoms with Gasteiger partial charge in [0.05, 0.1) is 53.2 Å². The molecule has 0 unspecified atom stereocenters. The van der Waals surface area contributed by atoms with E-state index in [1.54, 1.807) is 37.4 Å². The molecule has 0 atom stereocenters. The number of nitrogens with one attached hydrogen (secondary N) is 1. The van der Waals surface area contributed by atoms with Crippen LogP contribution in [0.2, 0.25) is 0 Å². The number of nitrogens with zero attached hydrogens (tertiary/aromatic N) is 4. The molecule has 1 N–H and O–H groups in total. The number of hydrogen-bond donors (Lipinski definition) is 1. The molecule has 1 aromatic carbocycles. The Morgan fingerprint density at radius 1 is 0.914 bits per heavy atom. The summed E-state index contributed by atoms with van der Waals surface area (Å²) in [5, 5.41) is 3.30. The average Bonchev–Trinajstić information content (AvgIpc) is 2.86. The summed E-state index contributed by atoms with van der Waals surface area (Å²) in [4.78, 5) is 16.9. The summed E-state index contributed by atoms with van der Waals surface area (Å²) in [5.41, 5.74) is 3.29. The molecule has 0 aliphatic carbocycles. The van der Waals surface area contributed by atoms with Gasteiger partial charge in [0.15, 0.2) is 0 Å². The van der Waals surface area contributed by atoms with Crippen molar-refractivity contribution in [1.29, 1.82) is 0 Å². The van der Waals surface area contributed by atoms with Crippen LogP contribution in [0, 0.1) is 24.4 Å². The number of halogens is 3. The first-order valence-electron chi connectivity index (χ1n) is 10.6. The SMILES string of the molecule is COc1cc(-c2cncc(Nc3c(C)c(-c4ccccn4)nc4cc(F)cc(F)c34)c2)c(F)cn1. The average molecular weight is 473 g/mol. The number of fused-ring (bicyclic) bond motifs is 1. The number of methoxy groups -OCH3 is 1. The largest absolute Gasteiger partial charge is 0.481 e. The molecule has 35 heavy (non-hydrogen) atoms. The van der Waals surface area contributed by atoms with Crippen molar-refractivity contribution in [3.05, 3.63) is 90.3 Å². The van der Waals surface area contributed by atoms with Gasteiger partial charge in [0.1, 0.15) is 17.5 Å². The first kappa shape index (κ1) is 22.3.